The Hall–Kier alpha value is -3.99. The average molecular weight is 720 g/mol. The number of amides is 3. The first-order valence-corrected chi connectivity index (χ1v) is 18.4. The molecule has 10 nitrogen and oxygen atoms in total. The Morgan fingerprint density at radius 3 is 2.47 bits per heavy atom. The Kier molecular flexibility index (Phi) is 12.8. The van der Waals surface area contributed by atoms with Gasteiger partial charge in [0.2, 0.25) is 11.8 Å². The smallest absolute Gasteiger partial charge is 0.313 e. The highest BCUT2D eigenvalue weighted by molar-refractivity contribution is 6.34. The van der Waals surface area contributed by atoms with E-state index in [1.54, 1.807) is 53.3 Å². The zero-order valence-corrected chi connectivity index (χ0v) is 30.4. The Labute approximate surface area is 306 Å². The summed E-state index contributed by atoms with van der Waals surface area (Å²) >= 11 is 6.60. The van der Waals surface area contributed by atoms with Crippen molar-refractivity contribution in [1.82, 2.24) is 9.80 Å². The van der Waals surface area contributed by atoms with Crippen LogP contribution in [0, 0.1) is 11.8 Å². The maximum absolute atomic E-state index is 14.8. The number of rotatable bonds is 18. The molecule has 2 bridgehead atoms. The number of ether oxygens (including phenoxy) is 2. The van der Waals surface area contributed by atoms with E-state index in [9.17, 15) is 24.3 Å². The van der Waals surface area contributed by atoms with Crippen molar-refractivity contribution in [2.75, 3.05) is 31.6 Å². The molecule has 0 unspecified atom stereocenters. The van der Waals surface area contributed by atoms with Gasteiger partial charge < -0.3 is 29.3 Å². The van der Waals surface area contributed by atoms with Crippen LogP contribution in [0.2, 0.25) is 5.02 Å². The molecule has 3 heterocycles. The van der Waals surface area contributed by atoms with Crippen LogP contribution in [0.5, 0.6) is 0 Å². The molecule has 0 saturated carbocycles. The fourth-order valence-electron chi connectivity index (χ4n) is 8.07. The summed E-state index contributed by atoms with van der Waals surface area (Å²) in [6.07, 6.45) is 6.40. The molecule has 1 spiro atoms. The maximum atomic E-state index is 14.8. The van der Waals surface area contributed by atoms with Gasteiger partial charge in [0.15, 0.2) is 0 Å². The lowest BCUT2D eigenvalue weighted by atomic mass is 9.70. The molecule has 274 valence electrons. The Morgan fingerprint density at radius 1 is 1.08 bits per heavy atom. The number of aliphatic hydroxyl groups is 1. The fraction of sp³-hybridized carbons (Fsp3) is 0.500. The molecular weight excluding hydrogens is 670 g/mol. The van der Waals surface area contributed by atoms with Gasteiger partial charge in [0.1, 0.15) is 17.7 Å². The van der Waals surface area contributed by atoms with E-state index in [4.69, 9.17) is 21.1 Å². The van der Waals surface area contributed by atoms with Crippen molar-refractivity contribution in [3.8, 4) is 0 Å². The second-order valence-corrected chi connectivity index (χ2v) is 14.2. The van der Waals surface area contributed by atoms with Crippen LogP contribution >= 0.6 is 11.6 Å². The number of halogens is 1. The summed E-state index contributed by atoms with van der Waals surface area (Å²) in [7, 11) is 1.69. The highest BCUT2D eigenvalue weighted by Crippen LogP contribution is 2.59. The minimum atomic E-state index is -1.24. The minimum Gasteiger partial charge on any atom is -0.455 e. The van der Waals surface area contributed by atoms with Crippen molar-refractivity contribution in [2.45, 2.75) is 88.2 Å². The Morgan fingerprint density at radius 2 is 1.78 bits per heavy atom. The van der Waals surface area contributed by atoms with Crippen molar-refractivity contribution in [3.63, 3.8) is 0 Å². The number of likely N-dealkylation sites (tertiary alicyclic amines) is 1. The largest absolute Gasteiger partial charge is 0.455 e. The van der Waals surface area contributed by atoms with Crippen LogP contribution in [0.4, 0.5) is 5.69 Å². The second-order valence-electron chi connectivity index (χ2n) is 13.8. The van der Waals surface area contributed by atoms with Crippen molar-refractivity contribution in [3.05, 3.63) is 90.5 Å². The summed E-state index contributed by atoms with van der Waals surface area (Å²) in [5.74, 6) is -3.21. The first-order valence-electron chi connectivity index (χ1n) is 18.0. The second kappa shape index (κ2) is 17.0. The Bertz CT molecular complexity index is 1590. The number of unbranched alkanes of at least 4 members (excludes halogenated alkanes) is 3. The summed E-state index contributed by atoms with van der Waals surface area (Å²) in [6, 6.07) is 14.8. The molecule has 0 aliphatic carbocycles. The number of nitrogens with zero attached hydrogens (tertiary/aromatic N) is 3. The zero-order valence-electron chi connectivity index (χ0n) is 29.6. The number of hydrogen-bond donors (Lipinski definition) is 1. The number of para-hydroxylation sites is 1. The summed E-state index contributed by atoms with van der Waals surface area (Å²) in [5, 5.41) is 9.66. The van der Waals surface area contributed by atoms with E-state index in [-0.39, 0.29) is 37.3 Å². The molecule has 0 radical (unpaired) electrons. The van der Waals surface area contributed by atoms with Gasteiger partial charge in [-0.15, -0.1) is 13.2 Å². The molecule has 3 amide bonds. The van der Waals surface area contributed by atoms with Crippen molar-refractivity contribution in [1.29, 1.82) is 0 Å². The molecule has 3 aliphatic heterocycles. The number of hydrogen-bond acceptors (Lipinski definition) is 7. The number of carbonyl (C=O) groups excluding carboxylic acids is 4. The molecule has 0 aromatic heterocycles. The van der Waals surface area contributed by atoms with Gasteiger partial charge in [0, 0.05) is 33.2 Å². The number of carbonyl (C=O) groups is 4. The van der Waals surface area contributed by atoms with Gasteiger partial charge in [-0.05, 0) is 56.7 Å². The summed E-state index contributed by atoms with van der Waals surface area (Å²) in [4.78, 5) is 61.6. The van der Waals surface area contributed by atoms with Gasteiger partial charge in [-0.1, -0.05) is 79.1 Å². The van der Waals surface area contributed by atoms with Gasteiger partial charge in [0.25, 0.3) is 5.91 Å². The van der Waals surface area contributed by atoms with E-state index in [1.807, 2.05) is 37.3 Å². The number of anilines is 1. The van der Waals surface area contributed by atoms with E-state index in [2.05, 4.69) is 13.2 Å². The number of esters is 1. The maximum Gasteiger partial charge on any atom is 0.313 e. The summed E-state index contributed by atoms with van der Waals surface area (Å²) in [6.45, 7) is 9.96. The van der Waals surface area contributed by atoms with Crippen molar-refractivity contribution >= 4 is 41.0 Å². The predicted molar refractivity (Wildman–Crippen MR) is 196 cm³/mol. The van der Waals surface area contributed by atoms with Crippen LogP contribution in [-0.2, 0) is 28.7 Å². The zero-order chi connectivity index (χ0) is 36.7. The molecule has 1 N–H and O–H groups in total. The number of benzene rings is 2. The fourth-order valence-corrected chi connectivity index (χ4v) is 8.30. The summed E-state index contributed by atoms with van der Waals surface area (Å²) < 4.78 is 13.0. The number of fused-ring (bicyclic) bond motifs is 1. The van der Waals surface area contributed by atoms with Crippen molar-refractivity contribution in [2.24, 2.45) is 11.8 Å². The molecule has 3 aliphatic rings. The van der Waals surface area contributed by atoms with Crippen LogP contribution < -0.4 is 4.90 Å². The van der Waals surface area contributed by atoms with Gasteiger partial charge in [-0.2, -0.15) is 0 Å². The third-order valence-corrected chi connectivity index (χ3v) is 11.0. The molecule has 3 saturated heterocycles. The topological polar surface area (TPSA) is 117 Å². The molecule has 2 aromatic carbocycles. The molecule has 11 heteroatoms. The molecular formula is C40H50ClN3O7. The third-order valence-electron chi connectivity index (χ3n) is 10.7. The van der Waals surface area contributed by atoms with Crippen LogP contribution in [0.1, 0.15) is 70.0 Å². The lowest BCUT2D eigenvalue weighted by molar-refractivity contribution is -0.164. The van der Waals surface area contributed by atoms with Gasteiger partial charge >= 0.3 is 5.97 Å². The molecule has 2 aromatic rings. The van der Waals surface area contributed by atoms with E-state index >= 15 is 0 Å². The van der Waals surface area contributed by atoms with Crippen LogP contribution in [-0.4, -0.2) is 89.1 Å². The first kappa shape index (κ1) is 38.2. The standard InChI is InChI=1S/C40H50ClN3O7/c1-5-7-21-32(46)42(4)27(3)35(28-17-11-10-12-18-28)50-39(49)33-31-22-23-40(51-31)34(33)37(47)44(25-15-8-9-16-26-45)36(40)38(48)43(24-6-2)30-20-14-13-19-29(30)41/h5-6,10-14,17-20,27,31,33-36,45H,1-2,7-9,15-16,21-26H2,3-4H3/t27-,31-,33+,34+,35+,36-,40+/m1/s1. The highest BCUT2D eigenvalue weighted by atomic mass is 35.5. The minimum absolute atomic E-state index is 0.0870. The molecule has 51 heavy (non-hydrogen) atoms. The number of allylic oxidation sites excluding steroid dienone is 1. The average Bonchev–Trinajstić information content (AvgIpc) is 3.78. The lowest BCUT2D eigenvalue weighted by Crippen LogP contribution is -2.56. The molecule has 5 rings (SSSR count). The van der Waals surface area contributed by atoms with E-state index < -0.39 is 47.7 Å². The van der Waals surface area contributed by atoms with Crippen LogP contribution in [0.15, 0.2) is 79.9 Å². The molecule has 3 fully saturated rings. The SMILES string of the molecule is C=CCCC(=O)N(C)[C@H](C)[C@H](OC(=O)[C@@H]1[C@H]2C(=O)N(CCCCCCO)[C@H](C(=O)N(CC=C)c3ccccc3Cl)[C@]23CC[C@H]1O3)c1ccccc1. The van der Waals surface area contributed by atoms with Crippen LogP contribution in [0.25, 0.3) is 0 Å². The normalized spacial score (nSPS) is 24.5. The van der Waals surface area contributed by atoms with E-state index in [0.717, 1.165) is 18.4 Å². The van der Waals surface area contributed by atoms with Gasteiger partial charge in [-0.25, -0.2) is 0 Å². The first-order chi connectivity index (χ1) is 24.6. The highest BCUT2D eigenvalue weighted by Gasteiger charge is 2.75. The number of likely N-dealkylation sites (N-methyl/N-ethyl adjacent to an activating group) is 1. The Balaban J connectivity index is 1.48. The van der Waals surface area contributed by atoms with E-state index in [0.29, 0.717) is 49.4 Å². The lowest BCUT2D eigenvalue weighted by Gasteiger charge is -2.37. The van der Waals surface area contributed by atoms with Gasteiger partial charge in [-0.3, -0.25) is 19.2 Å². The number of aliphatic hydroxyl groups excluding tert-OH is 1. The van der Waals surface area contributed by atoms with Crippen LogP contribution in [0.3, 0.4) is 0 Å². The van der Waals surface area contributed by atoms with E-state index in [1.165, 1.54) is 4.90 Å². The summed E-state index contributed by atoms with van der Waals surface area (Å²) in [5.41, 5.74) is -0.0237. The molecule has 7 atom stereocenters. The quantitative estimate of drug-likeness (QED) is 0.116. The van der Waals surface area contributed by atoms with Crippen molar-refractivity contribution < 1.29 is 33.8 Å². The monoisotopic (exact) mass is 719 g/mol. The van der Waals surface area contributed by atoms with Gasteiger partial charge in [0.05, 0.1) is 34.7 Å². The predicted octanol–water partition coefficient (Wildman–Crippen LogP) is 5.88. The third kappa shape index (κ3) is 7.64.